The number of hydrogen-bond donors (Lipinski definition) is 1. The smallest absolute Gasteiger partial charge is 0.129 e. The highest BCUT2D eigenvalue weighted by Gasteiger charge is 2.15. The highest BCUT2D eigenvalue weighted by atomic mass is 16.5. The van der Waals surface area contributed by atoms with E-state index in [9.17, 15) is 9.90 Å². The molecule has 0 aliphatic carbocycles. The minimum atomic E-state index is 0.0540. The topological polar surface area (TPSA) is 55.8 Å². The number of phenols is 1. The Balaban J connectivity index is 3.36. The Morgan fingerprint density at radius 2 is 1.93 bits per heavy atom. The third-order valence-corrected chi connectivity index (χ3v) is 2.30. The lowest BCUT2D eigenvalue weighted by Crippen LogP contribution is -1.98. The van der Waals surface area contributed by atoms with Crippen LogP contribution in [0, 0.1) is 6.92 Å². The lowest BCUT2D eigenvalue weighted by Gasteiger charge is -2.13. The highest BCUT2D eigenvalue weighted by molar-refractivity contribution is 5.64. The number of methoxy groups -OCH3 is 2. The third-order valence-electron chi connectivity index (χ3n) is 2.30. The fraction of sp³-hybridized carbons (Fsp3) is 0.364. The van der Waals surface area contributed by atoms with Gasteiger partial charge in [-0.1, -0.05) is 0 Å². The van der Waals surface area contributed by atoms with Crippen molar-refractivity contribution in [2.24, 2.45) is 0 Å². The number of hydrogen-bond acceptors (Lipinski definition) is 4. The Kier molecular flexibility index (Phi) is 3.55. The molecule has 0 radical (unpaired) electrons. The molecule has 0 fully saturated rings. The summed E-state index contributed by atoms with van der Waals surface area (Å²) in [5.74, 6) is 1.05. The molecule has 0 unspecified atom stereocenters. The Labute approximate surface area is 88.4 Å². The van der Waals surface area contributed by atoms with Gasteiger partial charge in [0.2, 0.25) is 0 Å². The SMILES string of the molecule is COc1cc(OC)c(CC=O)c(O)c1C. The molecule has 0 spiro atoms. The molecule has 0 atom stereocenters. The van der Waals surface area contributed by atoms with E-state index in [1.807, 2.05) is 0 Å². The first-order valence-electron chi connectivity index (χ1n) is 4.52. The Hall–Kier alpha value is -1.71. The van der Waals surface area contributed by atoms with E-state index >= 15 is 0 Å². The van der Waals surface area contributed by atoms with Crippen molar-refractivity contribution in [1.82, 2.24) is 0 Å². The molecule has 0 saturated carbocycles. The predicted molar refractivity (Wildman–Crippen MR) is 55.7 cm³/mol. The molecule has 0 heterocycles. The zero-order valence-electron chi connectivity index (χ0n) is 9.03. The van der Waals surface area contributed by atoms with Crippen LogP contribution >= 0.6 is 0 Å². The Morgan fingerprint density at radius 1 is 1.33 bits per heavy atom. The largest absolute Gasteiger partial charge is 0.507 e. The molecule has 1 aromatic rings. The van der Waals surface area contributed by atoms with Gasteiger partial charge >= 0.3 is 0 Å². The predicted octanol–water partition coefficient (Wildman–Crippen LogP) is 1.46. The molecule has 1 aromatic carbocycles. The average molecular weight is 210 g/mol. The van der Waals surface area contributed by atoms with E-state index in [-0.39, 0.29) is 12.2 Å². The number of ether oxygens (including phenoxy) is 2. The van der Waals surface area contributed by atoms with Crippen LogP contribution in [0.15, 0.2) is 6.07 Å². The lowest BCUT2D eigenvalue weighted by atomic mass is 10.0. The number of benzene rings is 1. The molecule has 82 valence electrons. The van der Waals surface area contributed by atoms with Crippen LogP contribution in [0.2, 0.25) is 0 Å². The van der Waals surface area contributed by atoms with Gasteiger partial charge in [-0.05, 0) is 6.92 Å². The number of carbonyl (C=O) groups excluding carboxylic acids is 1. The minimum absolute atomic E-state index is 0.0540. The summed E-state index contributed by atoms with van der Waals surface area (Å²) in [5.41, 5.74) is 1.10. The first kappa shape index (κ1) is 11.4. The number of aromatic hydroxyl groups is 1. The second kappa shape index (κ2) is 4.68. The van der Waals surface area contributed by atoms with Gasteiger partial charge in [0.05, 0.1) is 14.2 Å². The van der Waals surface area contributed by atoms with Crippen molar-refractivity contribution < 1.29 is 19.4 Å². The molecule has 1 N–H and O–H groups in total. The van der Waals surface area contributed by atoms with Gasteiger partial charge in [0, 0.05) is 23.6 Å². The summed E-state index contributed by atoms with van der Waals surface area (Å²) in [5, 5.41) is 9.83. The fourth-order valence-corrected chi connectivity index (χ4v) is 1.45. The molecule has 0 aliphatic rings. The van der Waals surface area contributed by atoms with E-state index < -0.39 is 0 Å². The quantitative estimate of drug-likeness (QED) is 0.764. The van der Waals surface area contributed by atoms with Crippen molar-refractivity contribution in [1.29, 1.82) is 0 Å². The van der Waals surface area contributed by atoms with Crippen LogP contribution < -0.4 is 9.47 Å². The molecule has 0 amide bonds. The molecule has 1 rings (SSSR count). The van der Waals surface area contributed by atoms with E-state index in [4.69, 9.17) is 9.47 Å². The van der Waals surface area contributed by atoms with Gasteiger partial charge in [-0.3, -0.25) is 0 Å². The molecule has 0 saturated heterocycles. The summed E-state index contributed by atoms with van der Waals surface area (Å²) in [4.78, 5) is 10.5. The fourth-order valence-electron chi connectivity index (χ4n) is 1.45. The average Bonchev–Trinajstić information content (AvgIpc) is 2.25. The highest BCUT2D eigenvalue weighted by Crippen LogP contribution is 2.37. The van der Waals surface area contributed by atoms with Crippen molar-refractivity contribution >= 4 is 6.29 Å². The zero-order valence-corrected chi connectivity index (χ0v) is 9.03. The zero-order chi connectivity index (χ0) is 11.4. The first-order valence-corrected chi connectivity index (χ1v) is 4.52. The summed E-state index contributed by atoms with van der Waals surface area (Å²) in [6.45, 7) is 1.72. The van der Waals surface area contributed by atoms with E-state index in [2.05, 4.69) is 0 Å². The summed E-state index contributed by atoms with van der Waals surface area (Å²) in [7, 11) is 3.00. The Morgan fingerprint density at radius 3 is 2.40 bits per heavy atom. The van der Waals surface area contributed by atoms with Gasteiger partial charge in [0.1, 0.15) is 23.5 Å². The molecular weight excluding hydrogens is 196 g/mol. The van der Waals surface area contributed by atoms with Crippen LogP contribution in [0.5, 0.6) is 17.2 Å². The summed E-state index contributed by atoms with van der Waals surface area (Å²) >= 11 is 0. The van der Waals surface area contributed by atoms with Gasteiger partial charge in [0.25, 0.3) is 0 Å². The van der Waals surface area contributed by atoms with Crippen molar-refractivity contribution in [3.8, 4) is 17.2 Å². The van der Waals surface area contributed by atoms with Crippen LogP contribution in [-0.4, -0.2) is 25.6 Å². The summed E-state index contributed by atoms with van der Waals surface area (Å²) in [6, 6.07) is 1.66. The number of rotatable bonds is 4. The van der Waals surface area contributed by atoms with Gasteiger partial charge < -0.3 is 19.4 Å². The van der Waals surface area contributed by atoms with Gasteiger partial charge in [-0.2, -0.15) is 0 Å². The molecule has 0 bridgehead atoms. The second-order valence-electron chi connectivity index (χ2n) is 3.10. The monoisotopic (exact) mass is 210 g/mol. The number of carbonyl (C=O) groups is 1. The maximum Gasteiger partial charge on any atom is 0.129 e. The van der Waals surface area contributed by atoms with E-state index in [1.54, 1.807) is 13.0 Å². The molecule has 15 heavy (non-hydrogen) atoms. The van der Waals surface area contributed by atoms with E-state index in [0.29, 0.717) is 22.6 Å². The van der Waals surface area contributed by atoms with Gasteiger partial charge in [-0.25, -0.2) is 0 Å². The van der Waals surface area contributed by atoms with Crippen molar-refractivity contribution in [2.45, 2.75) is 13.3 Å². The normalized spacial score (nSPS) is 9.80. The first-order chi connectivity index (χ1) is 7.15. The molecular formula is C11H14O4. The van der Waals surface area contributed by atoms with E-state index in [1.165, 1.54) is 14.2 Å². The summed E-state index contributed by atoms with van der Waals surface area (Å²) < 4.78 is 10.2. The Bertz CT molecular complexity index is 371. The lowest BCUT2D eigenvalue weighted by molar-refractivity contribution is -0.107. The molecule has 0 aliphatic heterocycles. The third kappa shape index (κ3) is 2.03. The molecule has 4 heteroatoms. The van der Waals surface area contributed by atoms with Crippen molar-refractivity contribution in [2.75, 3.05) is 14.2 Å². The van der Waals surface area contributed by atoms with Crippen LogP contribution in [0.3, 0.4) is 0 Å². The van der Waals surface area contributed by atoms with Crippen LogP contribution in [0.25, 0.3) is 0 Å². The van der Waals surface area contributed by atoms with Crippen molar-refractivity contribution in [3.05, 3.63) is 17.2 Å². The van der Waals surface area contributed by atoms with Gasteiger partial charge in [0.15, 0.2) is 0 Å². The van der Waals surface area contributed by atoms with E-state index in [0.717, 1.165) is 6.29 Å². The summed E-state index contributed by atoms with van der Waals surface area (Å²) in [6.07, 6.45) is 0.851. The maximum absolute atomic E-state index is 10.5. The number of phenolic OH excluding ortho intramolecular Hbond substituents is 1. The minimum Gasteiger partial charge on any atom is -0.507 e. The second-order valence-corrected chi connectivity index (χ2v) is 3.10. The van der Waals surface area contributed by atoms with Crippen LogP contribution in [0.4, 0.5) is 0 Å². The standard InChI is InChI=1S/C11H14O4/c1-7-9(14-2)6-10(15-3)8(4-5-12)11(7)13/h5-6,13H,4H2,1-3H3. The van der Waals surface area contributed by atoms with Gasteiger partial charge in [-0.15, -0.1) is 0 Å². The molecule has 4 nitrogen and oxygen atoms in total. The van der Waals surface area contributed by atoms with Crippen LogP contribution in [-0.2, 0) is 11.2 Å². The molecule has 0 aromatic heterocycles. The van der Waals surface area contributed by atoms with Crippen LogP contribution in [0.1, 0.15) is 11.1 Å². The maximum atomic E-state index is 10.5. The number of aldehydes is 1. The van der Waals surface area contributed by atoms with Crippen molar-refractivity contribution in [3.63, 3.8) is 0 Å².